The van der Waals surface area contributed by atoms with Crippen molar-refractivity contribution in [3.8, 4) is 5.69 Å². The maximum absolute atomic E-state index is 13.9. The second-order valence-electron chi connectivity index (χ2n) is 4.54. The van der Waals surface area contributed by atoms with E-state index >= 15 is 0 Å². The summed E-state index contributed by atoms with van der Waals surface area (Å²) in [6.45, 7) is 1.92. The number of tetrazole rings is 1. The average Bonchev–Trinajstić information content (AvgIpc) is 3.04. The number of rotatable bonds is 4. The van der Waals surface area contributed by atoms with Crippen molar-refractivity contribution >= 4 is 5.69 Å². The van der Waals surface area contributed by atoms with Gasteiger partial charge in [0.05, 0.1) is 23.1 Å². The topological polar surface area (TPSA) is 68.5 Å². The minimum Gasteiger partial charge on any atom is -0.375 e. The van der Waals surface area contributed by atoms with Crippen molar-refractivity contribution in [2.24, 2.45) is 0 Å². The quantitative estimate of drug-likeness (QED) is 0.796. The number of nitrogens with zero attached hydrogens (tertiary/aromatic N) is 5. The van der Waals surface area contributed by atoms with E-state index in [1.54, 1.807) is 18.3 Å². The van der Waals surface area contributed by atoms with E-state index in [1.165, 1.54) is 17.1 Å². The molecule has 0 aliphatic rings. The number of hydrogen-bond acceptors (Lipinski definition) is 5. The standard InChI is InChI=1S/C14H13FN6/c1-10(13-4-2-3-7-16-13)18-14-8-11(5-6-12(14)15)21-9-17-19-20-21/h2-10,18H,1H3. The number of hydrogen-bond donors (Lipinski definition) is 1. The summed E-state index contributed by atoms with van der Waals surface area (Å²) < 4.78 is 15.4. The van der Waals surface area contributed by atoms with Gasteiger partial charge >= 0.3 is 0 Å². The molecular formula is C14H13FN6. The van der Waals surface area contributed by atoms with Gasteiger partial charge in [0.25, 0.3) is 0 Å². The molecule has 0 bridgehead atoms. The summed E-state index contributed by atoms with van der Waals surface area (Å²) in [5.41, 5.74) is 1.89. The van der Waals surface area contributed by atoms with Crippen LogP contribution in [0.25, 0.3) is 5.69 Å². The van der Waals surface area contributed by atoms with Crippen LogP contribution in [-0.2, 0) is 0 Å². The fraction of sp³-hybridized carbons (Fsp3) is 0.143. The van der Waals surface area contributed by atoms with Crippen LogP contribution in [-0.4, -0.2) is 25.2 Å². The van der Waals surface area contributed by atoms with Crippen molar-refractivity contribution in [1.82, 2.24) is 25.2 Å². The molecular weight excluding hydrogens is 271 g/mol. The summed E-state index contributed by atoms with van der Waals surface area (Å²) in [5.74, 6) is -0.338. The van der Waals surface area contributed by atoms with E-state index in [-0.39, 0.29) is 11.9 Å². The Morgan fingerprint density at radius 3 is 2.86 bits per heavy atom. The van der Waals surface area contributed by atoms with Gasteiger partial charge in [0.1, 0.15) is 12.1 Å². The van der Waals surface area contributed by atoms with E-state index in [1.807, 2.05) is 25.1 Å². The lowest BCUT2D eigenvalue weighted by molar-refractivity contribution is 0.626. The van der Waals surface area contributed by atoms with Gasteiger partial charge in [-0.1, -0.05) is 6.07 Å². The first-order valence-electron chi connectivity index (χ1n) is 6.44. The third kappa shape index (κ3) is 2.86. The maximum Gasteiger partial charge on any atom is 0.146 e. The van der Waals surface area contributed by atoms with Crippen LogP contribution in [0.2, 0.25) is 0 Å². The van der Waals surface area contributed by atoms with Crippen LogP contribution in [0.1, 0.15) is 18.7 Å². The summed E-state index contributed by atoms with van der Waals surface area (Å²) in [4.78, 5) is 4.25. The van der Waals surface area contributed by atoms with Crippen molar-refractivity contribution in [2.45, 2.75) is 13.0 Å². The lowest BCUT2D eigenvalue weighted by Gasteiger charge is -2.16. The predicted octanol–water partition coefficient (Wildman–Crippen LogP) is 2.37. The molecule has 7 heteroatoms. The van der Waals surface area contributed by atoms with Crippen molar-refractivity contribution < 1.29 is 4.39 Å². The number of aromatic nitrogens is 5. The smallest absolute Gasteiger partial charge is 0.146 e. The van der Waals surface area contributed by atoms with Gasteiger partial charge in [0.15, 0.2) is 0 Å². The van der Waals surface area contributed by atoms with Crippen LogP contribution in [0.5, 0.6) is 0 Å². The zero-order valence-corrected chi connectivity index (χ0v) is 11.3. The summed E-state index contributed by atoms with van der Waals surface area (Å²) in [7, 11) is 0. The molecule has 2 heterocycles. The van der Waals surface area contributed by atoms with Gasteiger partial charge in [0, 0.05) is 6.20 Å². The van der Waals surface area contributed by atoms with Gasteiger partial charge in [-0.3, -0.25) is 4.98 Å². The van der Waals surface area contributed by atoms with Crippen LogP contribution in [0, 0.1) is 5.82 Å². The summed E-state index contributed by atoms with van der Waals surface area (Å²) >= 11 is 0. The number of benzene rings is 1. The van der Waals surface area contributed by atoms with Crippen molar-refractivity contribution in [3.63, 3.8) is 0 Å². The average molecular weight is 284 g/mol. The molecule has 2 aromatic heterocycles. The van der Waals surface area contributed by atoms with Gasteiger partial charge in [-0.25, -0.2) is 9.07 Å². The zero-order chi connectivity index (χ0) is 14.7. The van der Waals surface area contributed by atoms with Gasteiger partial charge in [-0.2, -0.15) is 0 Å². The molecule has 3 rings (SSSR count). The highest BCUT2D eigenvalue weighted by atomic mass is 19.1. The van der Waals surface area contributed by atoms with Crippen LogP contribution in [0.4, 0.5) is 10.1 Å². The van der Waals surface area contributed by atoms with E-state index in [0.717, 1.165) is 5.69 Å². The summed E-state index contributed by atoms with van der Waals surface area (Å²) in [6.07, 6.45) is 3.17. The third-order valence-electron chi connectivity index (χ3n) is 3.07. The number of pyridine rings is 1. The number of anilines is 1. The maximum atomic E-state index is 13.9. The molecule has 0 aliphatic carbocycles. The van der Waals surface area contributed by atoms with E-state index in [0.29, 0.717) is 11.4 Å². The van der Waals surface area contributed by atoms with Gasteiger partial charge in [-0.05, 0) is 47.7 Å². The Labute approximate surface area is 120 Å². The van der Waals surface area contributed by atoms with Gasteiger partial charge in [-0.15, -0.1) is 5.10 Å². The molecule has 0 aliphatic heterocycles. The van der Waals surface area contributed by atoms with Crippen molar-refractivity contribution in [1.29, 1.82) is 0 Å². The molecule has 1 unspecified atom stereocenters. The third-order valence-corrected chi connectivity index (χ3v) is 3.07. The molecule has 1 atom stereocenters. The molecule has 0 radical (unpaired) electrons. The molecule has 0 saturated heterocycles. The first kappa shape index (κ1) is 13.2. The monoisotopic (exact) mass is 284 g/mol. The second-order valence-corrected chi connectivity index (χ2v) is 4.54. The molecule has 0 spiro atoms. The Kier molecular flexibility index (Phi) is 3.55. The molecule has 106 valence electrons. The highest BCUT2D eigenvalue weighted by Gasteiger charge is 2.11. The van der Waals surface area contributed by atoms with Crippen molar-refractivity contribution in [3.05, 3.63) is 60.4 Å². The van der Waals surface area contributed by atoms with Crippen LogP contribution < -0.4 is 5.32 Å². The molecule has 0 fully saturated rings. The fourth-order valence-electron chi connectivity index (χ4n) is 1.99. The van der Waals surface area contributed by atoms with E-state index in [4.69, 9.17) is 0 Å². The highest BCUT2D eigenvalue weighted by Crippen LogP contribution is 2.23. The first-order chi connectivity index (χ1) is 10.2. The Balaban J connectivity index is 1.86. The number of nitrogens with one attached hydrogen (secondary N) is 1. The molecule has 1 aromatic carbocycles. The Hall–Kier alpha value is -2.83. The normalized spacial score (nSPS) is 12.1. The fourth-order valence-corrected chi connectivity index (χ4v) is 1.99. The lowest BCUT2D eigenvalue weighted by atomic mass is 10.2. The summed E-state index contributed by atoms with van der Waals surface area (Å²) in [6, 6.07) is 10.2. The molecule has 0 saturated carbocycles. The van der Waals surface area contributed by atoms with Crippen LogP contribution >= 0.6 is 0 Å². The minimum atomic E-state index is -0.338. The van der Waals surface area contributed by atoms with Gasteiger partial charge < -0.3 is 5.32 Å². The molecule has 21 heavy (non-hydrogen) atoms. The predicted molar refractivity (Wildman–Crippen MR) is 75.4 cm³/mol. The minimum absolute atomic E-state index is 0.121. The Morgan fingerprint density at radius 1 is 1.24 bits per heavy atom. The SMILES string of the molecule is CC(Nc1cc(-n2cnnn2)ccc1F)c1ccccn1. The lowest BCUT2D eigenvalue weighted by Crippen LogP contribution is -2.10. The van der Waals surface area contributed by atoms with Gasteiger partial charge in [0.2, 0.25) is 0 Å². The first-order valence-corrected chi connectivity index (χ1v) is 6.44. The molecule has 1 N–H and O–H groups in total. The summed E-state index contributed by atoms with van der Waals surface area (Å²) in [5, 5.41) is 14.0. The van der Waals surface area contributed by atoms with Crippen molar-refractivity contribution in [2.75, 3.05) is 5.32 Å². The largest absolute Gasteiger partial charge is 0.375 e. The molecule has 0 amide bonds. The molecule has 6 nitrogen and oxygen atoms in total. The second kappa shape index (κ2) is 5.66. The van der Waals surface area contributed by atoms with E-state index < -0.39 is 0 Å². The van der Waals surface area contributed by atoms with E-state index in [2.05, 4.69) is 25.8 Å². The van der Waals surface area contributed by atoms with E-state index in [9.17, 15) is 4.39 Å². The molecule has 3 aromatic rings. The zero-order valence-electron chi connectivity index (χ0n) is 11.3. The number of halogens is 1. The highest BCUT2D eigenvalue weighted by molar-refractivity contribution is 5.53. The van der Waals surface area contributed by atoms with Crippen LogP contribution in [0.15, 0.2) is 48.9 Å². The Bertz CT molecular complexity index is 714. The van der Waals surface area contributed by atoms with Crippen LogP contribution in [0.3, 0.4) is 0 Å². The Morgan fingerprint density at radius 2 is 2.14 bits per heavy atom.